The van der Waals surface area contributed by atoms with Crippen LogP contribution in [0.1, 0.15) is 16.5 Å². The maximum absolute atomic E-state index is 12.2. The molecule has 1 amide bonds. The van der Waals surface area contributed by atoms with Crippen molar-refractivity contribution in [2.24, 2.45) is 12.8 Å². The Bertz CT molecular complexity index is 535. The van der Waals surface area contributed by atoms with Crippen LogP contribution in [0.3, 0.4) is 0 Å². The summed E-state index contributed by atoms with van der Waals surface area (Å²) in [6.07, 6.45) is 4.27. The maximum atomic E-state index is 12.2. The summed E-state index contributed by atoms with van der Waals surface area (Å²) in [5.41, 5.74) is 6.71. The van der Waals surface area contributed by atoms with E-state index in [1.165, 1.54) is 4.88 Å². The summed E-state index contributed by atoms with van der Waals surface area (Å²) < 4.78 is 1.65. The number of carbonyl (C=O) groups is 1. The van der Waals surface area contributed by atoms with E-state index < -0.39 is 6.04 Å². The van der Waals surface area contributed by atoms with Crippen molar-refractivity contribution >= 4 is 17.2 Å². The van der Waals surface area contributed by atoms with Gasteiger partial charge in [0.25, 0.3) is 0 Å². The molecule has 0 saturated carbocycles. The zero-order valence-corrected chi connectivity index (χ0v) is 11.9. The number of aryl methyl sites for hydroxylation is 1. The Kier molecular flexibility index (Phi) is 4.34. The van der Waals surface area contributed by atoms with Crippen molar-refractivity contribution in [3.05, 3.63) is 40.3 Å². The van der Waals surface area contributed by atoms with Crippen LogP contribution in [0, 0.1) is 0 Å². The third-order valence-electron chi connectivity index (χ3n) is 3.00. The molecule has 0 radical (unpaired) electrons. The zero-order valence-electron chi connectivity index (χ0n) is 11.1. The van der Waals surface area contributed by atoms with Gasteiger partial charge in [0, 0.05) is 37.3 Å². The Hall–Kier alpha value is -1.66. The van der Waals surface area contributed by atoms with Crippen LogP contribution in [-0.2, 0) is 18.3 Å². The molecule has 0 bridgehead atoms. The number of nitrogens with two attached hydrogens (primary N) is 1. The van der Waals surface area contributed by atoms with Gasteiger partial charge in [-0.25, -0.2) is 0 Å². The molecule has 0 aromatic carbocycles. The van der Waals surface area contributed by atoms with Crippen LogP contribution in [0.2, 0.25) is 0 Å². The first-order valence-electron chi connectivity index (χ1n) is 6.09. The Balaban J connectivity index is 1.91. The van der Waals surface area contributed by atoms with Gasteiger partial charge in [0.15, 0.2) is 0 Å². The minimum atomic E-state index is -0.637. The van der Waals surface area contributed by atoms with Crippen molar-refractivity contribution in [1.82, 2.24) is 14.7 Å². The fourth-order valence-electron chi connectivity index (χ4n) is 1.82. The Morgan fingerprint density at radius 1 is 1.63 bits per heavy atom. The number of amides is 1. The first kappa shape index (κ1) is 13.8. The first-order chi connectivity index (χ1) is 9.08. The normalized spacial score (nSPS) is 12.4. The van der Waals surface area contributed by atoms with Gasteiger partial charge in [-0.15, -0.1) is 11.3 Å². The molecule has 1 unspecified atom stereocenters. The van der Waals surface area contributed by atoms with Crippen molar-refractivity contribution in [1.29, 1.82) is 0 Å². The fraction of sp³-hybridized carbons (Fsp3) is 0.385. The van der Waals surface area contributed by atoms with E-state index in [1.54, 1.807) is 47.4 Å². The van der Waals surface area contributed by atoms with Gasteiger partial charge in [0.1, 0.15) is 6.04 Å². The summed E-state index contributed by atoms with van der Waals surface area (Å²) in [6, 6.07) is 3.45. The molecule has 0 aliphatic heterocycles. The van der Waals surface area contributed by atoms with Crippen LogP contribution < -0.4 is 5.73 Å². The van der Waals surface area contributed by atoms with E-state index in [9.17, 15) is 4.79 Å². The van der Waals surface area contributed by atoms with Gasteiger partial charge in [0.05, 0.1) is 6.20 Å². The Labute approximate surface area is 116 Å². The Morgan fingerprint density at radius 2 is 2.42 bits per heavy atom. The average Bonchev–Trinajstić information content (AvgIpc) is 3.05. The summed E-state index contributed by atoms with van der Waals surface area (Å²) in [5, 5.41) is 6.07. The molecule has 2 aromatic heterocycles. The zero-order chi connectivity index (χ0) is 13.8. The molecule has 102 valence electrons. The van der Waals surface area contributed by atoms with Crippen molar-refractivity contribution in [3.8, 4) is 0 Å². The summed E-state index contributed by atoms with van der Waals surface area (Å²) in [4.78, 5) is 15.1. The topological polar surface area (TPSA) is 64.2 Å². The lowest BCUT2D eigenvalue weighted by molar-refractivity contribution is -0.131. The smallest absolute Gasteiger partial charge is 0.243 e. The summed E-state index contributed by atoms with van der Waals surface area (Å²) in [7, 11) is 3.59. The molecule has 0 fully saturated rings. The van der Waals surface area contributed by atoms with Gasteiger partial charge < -0.3 is 10.6 Å². The van der Waals surface area contributed by atoms with E-state index >= 15 is 0 Å². The fourth-order valence-corrected chi connectivity index (χ4v) is 2.52. The highest BCUT2D eigenvalue weighted by atomic mass is 32.1. The summed E-state index contributed by atoms with van der Waals surface area (Å²) in [5.74, 6) is -0.0791. The van der Waals surface area contributed by atoms with Crippen molar-refractivity contribution in [2.75, 3.05) is 13.6 Å². The minimum Gasteiger partial charge on any atom is -0.344 e. The van der Waals surface area contributed by atoms with E-state index in [0.29, 0.717) is 6.54 Å². The average molecular weight is 278 g/mol. The highest BCUT2D eigenvalue weighted by Crippen LogP contribution is 2.13. The number of thiophene rings is 1. The predicted octanol–water partition coefficient (Wildman–Crippen LogP) is 1.18. The van der Waals surface area contributed by atoms with Crippen LogP contribution in [-0.4, -0.2) is 34.2 Å². The lowest BCUT2D eigenvalue weighted by Crippen LogP contribution is -2.36. The molecule has 0 aliphatic carbocycles. The van der Waals surface area contributed by atoms with E-state index in [1.807, 2.05) is 11.4 Å². The van der Waals surface area contributed by atoms with Crippen LogP contribution in [0.15, 0.2) is 29.9 Å². The molecule has 19 heavy (non-hydrogen) atoms. The maximum Gasteiger partial charge on any atom is 0.243 e. The quantitative estimate of drug-likeness (QED) is 0.893. The first-order valence-corrected chi connectivity index (χ1v) is 6.97. The van der Waals surface area contributed by atoms with Gasteiger partial charge in [-0.2, -0.15) is 5.10 Å². The second-order valence-electron chi connectivity index (χ2n) is 4.51. The second kappa shape index (κ2) is 5.99. The lowest BCUT2D eigenvalue weighted by atomic mass is 10.1. The van der Waals surface area contributed by atoms with Crippen molar-refractivity contribution < 1.29 is 4.79 Å². The van der Waals surface area contributed by atoms with Crippen LogP contribution in [0.5, 0.6) is 0 Å². The summed E-state index contributed by atoms with van der Waals surface area (Å²) >= 11 is 1.70. The van der Waals surface area contributed by atoms with Gasteiger partial charge in [-0.3, -0.25) is 9.48 Å². The molecule has 5 nitrogen and oxygen atoms in total. The number of carbonyl (C=O) groups excluding carboxylic acids is 1. The highest BCUT2D eigenvalue weighted by Gasteiger charge is 2.20. The number of rotatable bonds is 5. The molecule has 2 aromatic rings. The predicted molar refractivity (Wildman–Crippen MR) is 75.8 cm³/mol. The number of nitrogens with zero attached hydrogens (tertiary/aromatic N) is 3. The molecule has 2 heterocycles. The van der Waals surface area contributed by atoms with Gasteiger partial charge in [-0.05, 0) is 17.9 Å². The van der Waals surface area contributed by atoms with Crippen LogP contribution in [0.25, 0.3) is 0 Å². The number of likely N-dealkylation sites (N-methyl/N-ethyl adjacent to an activating group) is 1. The molecule has 0 aliphatic rings. The molecule has 1 atom stereocenters. The number of hydrogen-bond acceptors (Lipinski definition) is 4. The molecule has 2 N–H and O–H groups in total. The van der Waals surface area contributed by atoms with Crippen LogP contribution >= 0.6 is 11.3 Å². The number of hydrogen-bond donors (Lipinski definition) is 1. The summed E-state index contributed by atoms with van der Waals surface area (Å²) in [6.45, 7) is 0.674. The standard InChI is InChI=1S/C13H18N4OS/c1-16(6-5-11-4-3-7-19-11)13(18)12(14)10-8-15-17(2)9-10/h3-4,7-9,12H,5-6,14H2,1-2H3. The Morgan fingerprint density at radius 3 is 3.00 bits per heavy atom. The SMILES string of the molecule is CN(CCc1cccs1)C(=O)C(N)c1cnn(C)c1. The van der Waals surface area contributed by atoms with Crippen LogP contribution in [0.4, 0.5) is 0 Å². The van der Waals surface area contributed by atoms with Gasteiger partial charge >= 0.3 is 0 Å². The third-order valence-corrected chi connectivity index (χ3v) is 3.94. The molecule has 0 saturated heterocycles. The van der Waals surface area contributed by atoms with Crippen molar-refractivity contribution in [2.45, 2.75) is 12.5 Å². The molecule has 0 spiro atoms. The van der Waals surface area contributed by atoms with E-state index in [0.717, 1.165) is 12.0 Å². The van der Waals surface area contributed by atoms with Crippen molar-refractivity contribution in [3.63, 3.8) is 0 Å². The molecule has 6 heteroatoms. The largest absolute Gasteiger partial charge is 0.344 e. The lowest BCUT2D eigenvalue weighted by Gasteiger charge is -2.20. The number of aromatic nitrogens is 2. The van der Waals surface area contributed by atoms with Gasteiger partial charge in [0.2, 0.25) is 5.91 Å². The highest BCUT2D eigenvalue weighted by molar-refractivity contribution is 7.09. The minimum absolute atomic E-state index is 0.0791. The molecule has 2 rings (SSSR count). The second-order valence-corrected chi connectivity index (χ2v) is 5.55. The van der Waals surface area contributed by atoms with E-state index in [2.05, 4.69) is 11.2 Å². The van der Waals surface area contributed by atoms with E-state index in [-0.39, 0.29) is 5.91 Å². The molecular weight excluding hydrogens is 260 g/mol. The van der Waals surface area contributed by atoms with Gasteiger partial charge in [-0.1, -0.05) is 6.07 Å². The third kappa shape index (κ3) is 3.42. The molecular formula is C13H18N4OS. The van der Waals surface area contributed by atoms with E-state index in [4.69, 9.17) is 5.73 Å². The monoisotopic (exact) mass is 278 g/mol.